The summed E-state index contributed by atoms with van der Waals surface area (Å²) < 4.78 is 24.7. The van der Waals surface area contributed by atoms with Gasteiger partial charge < -0.3 is 10.4 Å². The van der Waals surface area contributed by atoms with E-state index in [1.807, 2.05) is 13.8 Å². The molecule has 7 nitrogen and oxygen atoms in total. The zero-order valence-electron chi connectivity index (χ0n) is 10.6. The normalized spacial score (nSPS) is 11.5. The standard InChI is InChI=1S/C10H20N2O5S/c1-8(2)7-11-9(13)3-5-12-18(16,17)6-4-10(14)15/h8,12H,3-7H2,1-2H3,(H,11,13)(H,14,15). The molecule has 0 bridgehead atoms. The van der Waals surface area contributed by atoms with E-state index in [0.717, 1.165) is 0 Å². The van der Waals surface area contributed by atoms with Gasteiger partial charge in [-0.05, 0) is 5.92 Å². The number of carbonyl (C=O) groups excluding carboxylic acids is 1. The number of carboxylic acids is 1. The smallest absolute Gasteiger partial charge is 0.304 e. The summed E-state index contributed by atoms with van der Waals surface area (Å²) in [5, 5.41) is 11.0. The molecule has 0 aliphatic heterocycles. The van der Waals surface area contributed by atoms with E-state index >= 15 is 0 Å². The molecule has 0 fully saturated rings. The lowest BCUT2D eigenvalue weighted by Crippen LogP contribution is -2.33. The van der Waals surface area contributed by atoms with Gasteiger partial charge >= 0.3 is 5.97 Å². The first kappa shape index (κ1) is 16.9. The third kappa shape index (κ3) is 10.0. The number of rotatable bonds is 9. The van der Waals surface area contributed by atoms with Crippen LogP contribution in [0.2, 0.25) is 0 Å². The number of nitrogens with one attached hydrogen (secondary N) is 2. The van der Waals surface area contributed by atoms with Crippen LogP contribution in [0.25, 0.3) is 0 Å². The van der Waals surface area contributed by atoms with E-state index in [2.05, 4.69) is 10.0 Å². The Hall–Kier alpha value is -1.15. The summed E-state index contributed by atoms with van der Waals surface area (Å²) in [6, 6.07) is 0. The highest BCUT2D eigenvalue weighted by Crippen LogP contribution is 1.91. The summed E-state index contributed by atoms with van der Waals surface area (Å²) in [7, 11) is -3.61. The predicted molar refractivity (Wildman–Crippen MR) is 66.5 cm³/mol. The van der Waals surface area contributed by atoms with Gasteiger partial charge in [0.1, 0.15) is 0 Å². The van der Waals surface area contributed by atoms with Gasteiger partial charge in [-0.25, -0.2) is 13.1 Å². The van der Waals surface area contributed by atoms with Gasteiger partial charge in [0.25, 0.3) is 0 Å². The maximum atomic E-state index is 11.3. The predicted octanol–water partition coefficient (Wildman–Crippen LogP) is -0.457. The zero-order valence-corrected chi connectivity index (χ0v) is 11.4. The van der Waals surface area contributed by atoms with Crippen LogP contribution >= 0.6 is 0 Å². The highest BCUT2D eigenvalue weighted by molar-refractivity contribution is 7.89. The maximum absolute atomic E-state index is 11.3. The molecular formula is C10H20N2O5S. The highest BCUT2D eigenvalue weighted by atomic mass is 32.2. The first-order valence-electron chi connectivity index (χ1n) is 5.69. The fourth-order valence-electron chi connectivity index (χ4n) is 1.02. The second kappa shape index (κ2) is 8.04. The molecule has 0 unspecified atom stereocenters. The first-order valence-corrected chi connectivity index (χ1v) is 7.34. The molecule has 0 aliphatic rings. The van der Waals surface area contributed by atoms with Gasteiger partial charge in [0.05, 0.1) is 12.2 Å². The first-order chi connectivity index (χ1) is 8.23. The van der Waals surface area contributed by atoms with Crippen molar-refractivity contribution in [3.63, 3.8) is 0 Å². The molecule has 106 valence electrons. The van der Waals surface area contributed by atoms with Crippen molar-refractivity contribution in [3.8, 4) is 0 Å². The summed E-state index contributed by atoms with van der Waals surface area (Å²) in [6.07, 6.45) is -0.409. The molecule has 0 atom stereocenters. The molecule has 0 aromatic heterocycles. The molecule has 8 heteroatoms. The average Bonchev–Trinajstić information content (AvgIpc) is 2.23. The van der Waals surface area contributed by atoms with E-state index in [9.17, 15) is 18.0 Å². The van der Waals surface area contributed by atoms with E-state index < -0.39 is 28.2 Å². The van der Waals surface area contributed by atoms with Crippen molar-refractivity contribution in [1.82, 2.24) is 10.0 Å². The van der Waals surface area contributed by atoms with Crippen LogP contribution in [0.4, 0.5) is 0 Å². The Labute approximate surface area is 107 Å². The summed E-state index contributed by atoms with van der Waals surface area (Å²) in [4.78, 5) is 21.5. The van der Waals surface area contributed by atoms with Gasteiger partial charge in [-0.3, -0.25) is 9.59 Å². The molecule has 18 heavy (non-hydrogen) atoms. The molecule has 1 amide bonds. The van der Waals surface area contributed by atoms with Crippen LogP contribution in [-0.2, 0) is 19.6 Å². The van der Waals surface area contributed by atoms with Crippen molar-refractivity contribution in [1.29, 1.82) is 0 Å². The third-order valence-corrected chi connectivity index (χ3v) is 3.35. The average molecular weight is 280 g/mol. The van der Waals surface area contributed by atoms with Crippen LogP contribution in [0, 0.1) is 5.92 Å². The van der Waals surface area contributed by atoms with Gasteiger partial charge in [0.15, 0.2) is 0 Å². The minimum atomic E-state index is -3.61. The van der Waals surface area contributed by atoms with Crippen LogP contribution in [0.3, 0.4) is 0 Å². The number of carbonyl (C=O) groups is 2. The van der Waals surface area contributed by atoms with Crippen molar-refractivity contribution < 1.29 is 23.1 Å². The molecule has 0 aromatic carbocycles. The quantitative estimate of drug-likeness (QED) is 0.529. The second-order valence-corrected chi connectivity index (χ2v) is 6.23. The van der Waals surface area contributed by atoms with Gasteiger partial charge in [-0.1, -0.05) is 13.8 Å². The Morgan fingerprint density at radius 3 is 2.33 bits per heavy atom. The SMILES string of the molecule is CC(C)CNC(=O)CCNS(=O)(=O)CCC(=O)O. The maximum Gasteiger partial charge on any atom is 0.304 e. The van der Waals surface area contributed by atoms with Gasteiger partial charge in [-0.2, -0.15) is 0 Å². The molecule has 0 spiro atoms. The second-order valence-electron chi connectivity index (χ2n) is 4.30. The van der Waals surface area contributed by atoms with Crippen LogP contribution < -0.4 is 10.0 Å². The number of aliphatic carboxylic acids is 1. The van der Waals surface area contributed by atoms with E-state index in [-0.39, 0.29) is 18.9 Å². The van der Waals surface area contributed by atoms with Gasteiger partial charge in [0.2, 0.25) is 15.9 Å². The Balaban J connectivity index is 3.82. The summed E-state index contributed by atoms with van der Waals surface area (Å²) in [5.41, 5.74) is 0. The fourth-order valence-corrected chi connectivity index (χ4v) is 2.02. The Bertz CT molecular complexity index is 378. The molecule has 0 rings (SSSR count). The Morgan fingerprint density at radius 2 is 1.83 bits per heavy atom. The summed E-state index contributed by atoms with van der Waals surface area (Å²) in [5.74, 6) is -1.54. The number of hydrogen-bond donors (Lipinski definition) is 3. The van der Waals surface area contributed by atoms with Crippen molar-refractivity contribution in [2.24, 2.45) is 5.92 Å². The molecular weight excluding hydrogens is 260 g/mol. The number of hydrogen-bond acceptors (Lipinski definition) is 4. The van der Waals surface area contributed by atoms with Gasteiger partial charge in [0, 0.05) is 19.5 Å². The van der Waals surface area contributed by atoms with E-state index in [1.54, 1.807) is 0 Å². The molecule has 0 aromatic rings. The molecule has 3 N–H and O–H groups in total. The lowest BCUT2D eigenvalue weighted by atomic mass is 10.2. The van der Waals surface area contributed by atoms with Crippen LogP contribution in [-0.4, -0.2) is 44.2 Å². The third-order valence-electron chi connectivity index (χ3n) is 1.97. The summed E-state index contributed by atoms with van der Waals surface area (Å²) >= 11 is 0. The van der Waals surface area contributed by atoms with E-state index in [1.165, 1.54) is 0 Å². The summed E-state index contributed by atoms with van der Waals surface area (Å²) in [6.45, 7) is 4.43. The zero-order chi connectivity index (χ0) is 14.2. The number of amides is 1. The van der Waals surface area contributed by atoms with Crippen molar-refractivity contribution in [3.05, 3.63) is 0 Å². The minimum absolute atomic E-state index is 0.0219. The fraction of sp³-hybridized carbons (Fsp3) is 0.800. The van der Waals surface area contributed by atoms with E-state index in [0.29, 0.717) is 12.5 Å². The molecule has 0 heterocycles. The molecule has 0 saturated heterocycles. The van der Waals surface area contributed by atoms with E-state index in [4.69, 9.17) is 5.11 Å². The lowest BCUT2D eigenvalue weighted by Gasteiger charge is -2.08. The van der Waals surface area contributed by atoms with Crippen molar-refractivity contribution in [2.75, 3.05) is 18.8 Å². The lowest BCUT2D eigenvalue weighted by molar-refractivity contribution is -0.136. The monoisotopic (exact) mass is 280 g/mol. The Kier molecular flexibility index (Phi) is 7.53. The largest absolute Gasteiger partial charge is 0.481 e. The highest BCUT2D eigenvalue weighted by Gasteiger charge is 2.12. The molecule has 0 saturated carbocycles. The molecule has 0 aliphatic carbocycles. The van der Waals surface area contributed by atoms with Crippen molar-refractivity contribution in [2.45, 2.75) is 26.7 Å². The number of carboxylic acid groups (broad SMARTS) is 1. The number of sulfonamides is 1. The van der Waals surface area contributed by atoms with Crippen LogP contribution in [0.15, 0.2) is 0 Å². The minimum Gasteiger partial charge on any atom is -0.481 e. The van der Waals surface area contributed by atoms with Crippen LogP contribution in [0.5, 0.6) is 0 Å². The topological polar surface area (TPSA) is 113 Å². The van der Waals surface area contributed by atoms with Crippen molar-refractivity contribution >= 4 is 21.9 Å². The van der Waals surface area contributed by atoms with Gasteiger partial charge in [-0.15, -0.1) is 0 Å². The molecule has 0 radical (unpaired) electrons. The Morgan fingerprint density at radius 1 is 1.22 bits per heavy atom. The van der Waals surface area contributed by atoms with Crippen LogP contribution in [0.1, 0.15) is 26.7 Å².